The molecular weight excluding hydrogens is 1120 g/mol. The minimum atomic E-state index is -1.75. The molecule has 3 rings (SSSR count). The van der Waals surface area contributed by atoms with Crippen molar-refractivity contribution in [3.8, 4) is 5.75 Å². The number of nitrogens with two attached hydrogens (primary N) is 7. The predicted molar refractivity (Wildman–Crippen MR) is 314 cm³/mol. The summed E-state index contributed by atoms with van der Waals surface area (Å²) < 4.78 is 0. The number of guanidine groups is 2. The second kappa shape index (κ2) is 36.9. The van der Waals surface area contributed by atoms with E-state index in [9.17, 15) is 68.4 Å². The number of nitrogens with one attached hydrogen (secondary N) is 8. The lowest BCUT2D eigenvalue weighted by atomic mass is 10.0. The maximum atomic E-state index is 14.7. The number of phenols is 1. The number of aliphatic imine (C=N–C) groups is 2. The molecule has 0 aliphatic carbocycles. The normalized spacial score (nSPS) is 16.3. The molecule has 2 aromatic rings. The smallest absolute Gasteiger partial charge is 0.248 e. The van der Waals surface area contributed by atoms with Crippen LogP contribution in [0.4, 0.5) is 0 Å². The molecule has 2 aromatic carbocycles. The Morgan fingerprint density at radius 1 is 0.570 bits per heavy atom. The molecule has 0 radical (unpaired) electrons. The van der Waals surface area contributed by atoms with Gasteiger partial charge in [0.2, 0.25) is 59.1 Å². The van der Waals surface area contributed by atoms with Crippen molar-refractivity contribution in [1.82, 2.24) is 47.4 Å². The summed E-state index contributed by atoms with van der Waals surface area (Å²) in [7, 11) is 0. The number of unbranched alkanes of at least 4 members (excludes halogenated alkanes) is 1. The van der Waals surface area contributed by atoms with Crippen LogP contribution in [-0.2, 0) is 60.8 Å². The Morgan fingerprint density at radius 2 is 1.03 bits per heavy atom. The third-order valence-electron chi connectivity index (χ3n) is 13.7. The summed E-state index contributed by atoms with van der Waals surface area (Å²) in [5.74, 6) is -9.69. The molecular formula is C54H86N18O14. The molecule has 32 heteroatoms. The molecule has 32 nitrogen and oxygen atoms in total. The van der Waals surface area contributed by atoms with Gasteiger partial charge in [-0.05, 0) is 101 Å². The van der Waals surface area contributed by atoms with Crippen LogP contribution in [0.25, 0.3) is 0 Å². The largest absolute Gasteiger partial charge is 0.508 e. The molecule has 0 bridgehead atoms. The summed E-state index contributed by atoms with van der Waals surface area (Å²) in [4.78, 5) is 146. The molecule has 1 saturated heterocycles. The van der Waals surface area contributed by atoms with Gasteiger partial charge < -0.3 is 108 Å². The SMILES string of the molecule is C[C@H](NC(=O)[C@H](CCCN=C(N)N)NC(=O)[C@@H]1CCCN1C(=O)[C@H](CO)NC(=O)[C@H](Cc1ccccc1)NC(=O)[C@H](Cc1ccc(O)cc1)NC(=O)[C@H](CCCN=C(N)N)NC(=O)[C@@H](NC(=O)[C@H](CCCCN)NC(=O)[C@@H](N)CO)[C@@H](C)O)C(N)=O. The van der Waals surface area contributed by atoms with Crippen LogP contribution in [0.15, 0.2) is 64.6 Å². The van der Waals surface area contributed by atoms with E-state index in [0.717, 1.165) is 4.90 Å². The topological polar surface area (TPSA) is 558 Å². The number of aliphatic hydroxyl groups excluding tert-OH is 3. The Bertz CT molecular complexity index is 2640. The second-order valence-electron chi connectivity index (χ2n) is 20.6. The van der Waals surface area contributed by atoms with E-state index in [1.54, 1.807) is 30.3 Å². The van der Waals surface area contributed by atoms with Gasteiger partial charge in [-0.2, -0.15) is 0 Å². The number of phenolic OH excluding ortho intramolecular Hbond substituents is 1. The molecule has 1 fully saturated rings. The molecule has 0 aromatic heterocycles. The molecule has 0 spiro atoms. The highest BCUT2D eigenvalue weighted by atomic mass is 16.3. The standard InChI is InChI=1S/C54H86N18O14/c1-29(43(57)77)64-45(79)36(14-8-22-62-53(58)59)66-50(84)41-16-10-24-72(41)52(86)40(28-74)70-49(83)38(25-31-11-4-3-5-12-31)69-48(82)39(26-32-17-19-33(76)20-18-32)68-46(80)37(15-9-23-63-54(60)61)67-51(85)42(30(2)75)71-47(81)35(13-6-7-21-55)65-44(78)34(56)27-73/h3-5,11-12,17-20,29-30,34-42,73-76H,6-10,13-16,21-28,55-56H2,1-2H3,(H2,57,77)(H,64,79)(H,65,78)(H,66,84)(H,67,85)(H,68,80)(H,69,82)(H,70,83)(H,71,81)(H4,58,59,62)(H4,60,61,63)/t29-,30+,34-,35-,36-,37-,38-,39-,40-,41-,42-/m0/s1. The summed E-state index contributed by atoms with van der Waals surface area (Å²) in [5.41, 5.74) is 39.4. The second-order valence-corrected chi connectivity index (χ2v) is 20.6. The number of nitrogens with zero attached hydrogens (tertiary/aromatic N) is 3. The van der Waals surface area contributed by atoms with Crippen LogP contribution in [0, 0.1) is 0 Å². The van der Waals surface area contributed by atoms with Crippen molar-refractivity contribution >= 4 is 71.0 Å². The Kier molecular flexibility index (Phi) is 30.7. The predicted octanol–water partition coefficient (Wildman–Crippen LogP) is -7.52. The molecule has 0 saturated carbocycles. The molecule has 86 heavy (non-hydrogen) atoms. The van der Waals surface area contributed by atoms with Crippen molar-refractivity contribution < 1.29 is 68.4 Å². The van der Waals surface area contributed by atoms with Crippen LogP contribution in [0.5, 0.6) is 5.75 Å². The third-order valence-corrected chi connectivity index (χ3v) is 13.7. The van der Waals surface area contributed by atoms with Crippen LogP contribution in [0.1, 0.15) is 82.8 Å². The van der Waals surface area contributed by atoms with E-state index in [0.29, 0.717) is 30.4 Å². The number of hydrogen-bond acceptors (Lipinski definition) is 18. The van der Waals surface area contributed by atoms with Crippen LogP contribution in [0.3, 0.4) is 0 Å². The lowest BCUT2D eigenvalue weighted by Crippen LogP contribution is -2.62. The number of carbonyl (C=O) groups excluding carboxylic acids is 10. The lowest BCUT2D eigenvalue weighted by molar-refractivity contribution is -0.143. The van der Waals surface area contributed by atoms with Gasteiger partial charge in [-0.15, -0.1) is 0 Å². The zero-order chi connectivity index (χ0) is 64.0. The van der Waals surface area contributed by atoms with E-state index in [-0.39, 0.29) is 95.2 Å². The van der Waals surface area contributed by atoms with Crippen molar-refractivity contribution in [1.29, 1.82) is 0 Å². The van der Waals surface area contributed by atoms with E-state index in [2.05, 4.69) is 52.5 Å². The highest BCUT2D eigenvalue weighted by Crippen LogP contribution is 2.20. The molecule has 1 aliphatic rings. The first-order valence-electron chi connectivity index (χ1n) is 28.1. The monoisotopic (exact) mass is 1210 g/mol. The number of likely N-dealkylation sites (tertiary alicyclic amines) is 1. The average molecular weight is 1210 g/mol. The summed E-state index contributed by atoms with van der Waals surface area (Å²) in [5, 5.41) is 61.2. The van der Waals surface area contributed by atoms with Crippen molar-refractivity contribution in [3.05, 3.63) is 65.7 Å². The van der Waals surface area contributed by atoms with E-state index in [4.69, 9.17) is 40.1 Å². The fraction of sp³-hybridized carbons (Fsp3) is 0.556. The van der Waals surface area contributed by atoms with Gasteiger partial charge in [0.15, 0.2) is 11.9 Å². The first-order valence-corrected chi connectivity index (χ1v) is 28.1. The minimum Gasteiger partial charge on any atom is -0.508 e. The molecule has 1 heterocycles. The van der Waals surface area contributed by atoms with Gasteiger partial charge in [0.25, 0.3) is 0 Å². The summed E-state index contributed by atoms with van der Waals surface area (Å²) in [6.07, 6.45) is -0.862. The summed E-state index contributed by atoms with van der Waals surface area (Å²) >= 11 is 0. The fourth-order valence-electron chi connectivity index (χ4n) is 8.88. The number of benzene rings is 2. The lowest BCUT2D eigenvalue weighted by Gasteiger charge is -2.30. The van der Waals surface area contributed by atoms with Crippen molar-refractivity contribution in [2.75, 3.05) is 39.4 Å². The highest BCUT2D eigenvalue weighted by molar-refractivity contribution is 5.99. The van der Waals surface area contributed by atoms with E-state index >= 15 is 0 Å². The van der Waals surface area contributed by atoms with Gasteiger partial charge in [-0.25, -0.2) is 0 Å². The van der Waals surface area contributed by atoms with E-state index < -0.39 is 139 Å². The van der Waals surface area contributed by atoms with Crippen molar-refractivity contribution in [2.24, 2.45) is 50.1 Å². The first-order chi connectivity index (χ1) is 40.8. The molecule has 0 unspecified atom stereocenters. The zero-order valence-corrected chi connectivity index (χ0v) is 48.3. The average Bonchev–Trinajstić information content (AvgIpc) is 2.75. The molecule has 476 valence electrons. The maximum absolute atomic E-state index is 14.7. The number of rotatable bonds is 37. The van der Waals surface area contributed by atoms with Gasteiger partial charge >= 0.3 is 0 Å². The van der Waals surface area contributed by atoms with Gasteiger partial charge in [-0.1, -0.05) is 42.5 Å². The van der Waals surface area contributed by atoms with Gasteiger partial charge in [0.1, 0.15) is 66.2 Å². The number of hydrogen-bond donors (Lipinski definition) is 19. The van der Waals surface area contributed by atoms with Gasteiger partial charge in [0, 0.05) is 32.5 Å². The van der Waals surface area contributed by atoms with Crippen LogP contribution in [0.2, 0.25) is 0 Å². The number of amides is 10. The van der Waals surface area contributed by atoms with Gasteiger partial charge in [0.05, 0.1) is 19.3 Å². The summed E-state index contributed by atoms with van der Waals surface area (Å²) in [6.45, 7) is 1.10. The fourth-order valence-corrected chi connectivity index (χ4v) is 8.88. The van der Waals surface area contributed by atoms with Gasteiger partial charge in [-0.3, -0.25) is 57.9 Å². The van der Waals surface area contributed by atoms with E-state index in [1.807, 2.05) is 0 Å². The van der Waals surface area contributed by atoms with E-state index in [1.165, 1.54) is 38.1 Å². The number of aromatic hydroxyl groups is 1. The minimum absolute atomic E-state index is 0.00116. The molecule has 10 amide bonds. The highest BCUT2D eigenvalue weighted by Gasteiger charge is 2.41. The van der Waals surface area contributed by atoms with Crippen LogP contribution < -0.4 is 82.7 Å². The summed E-state index contributed by atoms with van der Waals surface area (Å²) in [6, 6.07) is -0.464. The third kappa shape index (κ3) is 24.5. The molecule has 11 atom stereocenters. The first kappa shape index (κ1) is 71.5. The molecule has 26 N–H and O–H groups in total. The van der Waals surface area contributed by atoms with Crippen molar-refractivity contribution in [2.45, 2.75) is 151 Å². The Hall–Kier alpha value is -8.72. The Morgan fingerprint density at radius 3 is 1.53 bits per heavy atom. The van der Waals surface area contributed by atoms with Crippen LogP contribution in [-0.4, -0.2) is 202 Å². The number of primary amides is 1. The zero-order valence-electron chi connectivity index (χ0n) is 48.3. The Balaban J connectivity index is 1.98. The Labute approximate surface area is 497 Å². The maximum Gasteiger partial charge on any atom is 0.248 e. The van der Waals surface area contributed by atoms with Crippen molar-refractivity contribution in [3.63, 3.8) is 0 Å². The number of aliphatic hydroxyl groups is 3. The quantitative estimate of drug-likeness (QED) is 0.0170. The molecule has 1 aliphatic heterocycles. The van der Waals surface area contributed by atoms with Crippen LogP contribution >= 0.6 is 0 Å². The number of carbonyl (C=O) groups is 10.